The summed E-state index contributed by atoms with van der Waals surface area (Å²) in [5, 5.41) is 22.1. The third-order valence-electron chi connectivity index (χ3n) is 10.4. The van der Waals surface area contributed by atoms with E-state index >= 15 is 0 Å². The Morgan fingerprint density at radius 1 is 0.446 bits per heavy atom. The molecule has 17 nitrogen and oxygen atoms in total. The topological polar surface area (TPSA) is 305 Å². The van der Waals surface area contributed by atoms with Gasteiger partial charge < -0.3 is 14.6 Å². The second-order valence-corrected chi connectivity index (χ2v) is 20.1. The number of hydrogen-bond acceptors (Lipinski definition) is 12. The number of aromatic hydroxyl groups is 1. The molecule has 0 spiro atoms. The van der Waals surface area contributed by atoms with Gasteiger partial charge in [-0.3, -0.25) is 23.0 Å². The van der Waals surface area contributed by atoms with E-state index in [0.29, 0.717) is 0 Å². The fourth-order valence-corrected chi connectivity index (χ4v) is 9.46. The van der Waals surface area contributed by atoms with Crippen molar-refractivity contribution in [1.82, 2.24) is 0 Å². The third-order valence-corrected chi connectivity index (χ3v) is 13.9. The number of phenols is 1. The lowest BCUT2D eigenvalue weighted by Gasteiger charge is -2.20. The van der Waals surface area contributed by atoms with E-state index in [4.69, 9.17) is 4.42 Å². The first-order valence-electron chi connectivity index (χ1n) is 18.4. The zero-order chi connectivity index (χ0) is 47.0. The van der Waals surface area contributed by atoms with Crippen molar-refractivity contribution in [2.45, 2.75) is 19.6 Å². The van der Waals surface area contributed by atoms with Crippen LogP contribution in [0, 0.1) is 0 Å². The highest BCUT2D eigenvalue weighted by molar-refractivity contribution is 7.86. The van der Waals surface area contributed by atoms with Crippen molar-refractivity contribution in [2.24, 2.45) is 0 Å². The summed E-state index contributed by atoms with van der Waals surface area (Å²) in [5.41, 5.74) is -0.345. The van der Waals surface area contributed by atoms with E-state index in [-0.39, 0.29) is 83.5 Å². The van der Waals surface area contributed by atoms with Crippen molar-refractivity contribution in [3.63, 3.8) is 0 Å². The van der Waals surface area contributed by atoms with Gasteiger partial charge in [-0.2, -0.15) is 33.7 Å². The molecule has 6 aromatic rings. The van der Waals surface area contributed by atoms with Crippen molar-refractivity contribution in [2.75, 3.05) is 0 Å². The largest absolute Gasteiger partial charge is 0.507 e. The Morgan fingerprint density at radius 3 is 1.38 bits per heavy atom. The summed E-state index contributed by atoms with van der Waals surface area (Å²) in [6.45, 7) is 0. The molecule has 0 atom stereocenters. The number of fused-ring (bicyclic) bond motifs is 2. The Hall–Kier alpha value is -7.08. The first kappa shape index (κ1) is 44.5. The minimum Gasteiger partial charge on any atom is -0.507 e. The number of benzene rings is 7. The minimum absolute atomic E-state index is 0.00127. The van der Waals surface area contributed by atoms with Gasteiger partial charge in [-0.1, -0.05) is 54.6 Å². The van der Waals surface area contributed by atoms with Crippen molar-refractivity contribution < 1.29 is 71.3 Å². The molecule has 0 bridgehead atoms. The number of carboxylic acids is 1. The Bertz CT molecular complexity index is 3810. The molecule has 65 heavy (non-hydrogen) atoms. The molecular formula is C44H28O17S4. The van der Waals surface area contributed by atoms with Crippen LogP contribution >= 0.6 is 0 Å². The van der Waals surface area contributed by atoms with Crippen molar-refractivity contribution in [1.29, 1.82) is 0 Å². The molecule has 0 radical (unpaired) electrons. The lowest BCUT2D eigenvalue weighted by molar-refractivity contribution is 0.0697. The van der Waals surface area contributed by atoms with Crippen LogP contribution in [0.15, 0.2) is 162 Å². The van der Waals surface area contributed by atoms with Crippen molar-refractivity contribution >= 4 is 57.4 Å². The molecule has 0 amide bonds. The second-order valence-electron chi connectivity index (χ2n) is 14.4. The minimum atomic E-state index is -4.84. The first-order valence-corrected chi connectivity index (χ1v) is 24.2. The van der Waals surface area contributed by atoms with Crippen LogP contribution in [0.4, 0.5) is 0 Å². The van der Waals surface area contributed by atoms with Gasteiger partial charge in [0.25, 0.3) is 40.5 Å². The quantitative estimate of drug-likeness (QED) is 0.0567. The maximum Gasteiger partial charge on any atom is 0.336 e. The lowest BCUT2D eigenvalue weighted by atomic mass is 9.86. The molecule has 1 aliphatic heterocycles. The molecule has 2 aliphatic rings. The summed E-state index contributed by atoms with van der Waals surface area (Å²) in [6.07, 6.45) is 0. The van der Waals surface area contributed by atoms with E-state index in [1.54, 1.807) is 6.07 Å². The zero-order valence-corrected chi connectivity index (χ0v) is 35.8. The summed E-state index contributed by atoms with van der Waals surface area (Å²) >= 11 is 0. The molecule has 0 fully saturated rings. The molecule has 8 rings (SSSR count). The standard InChI is InChI=1S/C44H28O17S4/c45-39-21-41-37(19-35(39)29-15-13-27(64(55,56)57)17-33(29)23-5-9-25(10-6-23)62(49,50)51)43(31-3-1-2-4-32(31)44(47)48)38-20-36(40(46)22-42(38)61-41)30-16-14-28(65(58,59)60)18-34(30)24-7-11-26(12-8-24)63(52,53)54/h1-22,45H,(H,47,48)(H,49,50,51)(H,52,53,54)(H,55,56,57)(H,58,59,60). The average Bonchev–Trinajstić information content (AvgIpc) is 3.23. The normalized spacial score (nSPS) is 12.4. The fourth-order valence-electron chi connectivity index (χ4n) is 7.49. The maximum atomic E-state index is 14.1. The molecule has 21 heteroatoms. The lowest BCUT2D eigenvalue weighted by Crippen LogP contribution is -2.08. The van der Waals surface area contributed by atoms with Crippen LogP contribution in [0.3, 0.4) is 0 Å². The molecular weight excluding hydrogens is 929 g/mol. The summed E-state index contributed by atoms with van der Waals surface area (Å²) in [7, 11) is -19.0. The highest BCUT2D eigenvalue weighted by atomic mass is 32.2. The Labute approximate surface area is 368 Å². The van der Waals surface area contributed by atoms with Gasteiger partial charge in [0.05, 0.1) is 25.1 Å². The van der Waals surface area contributed by atoms with E-state index in [9.17, 15) is 71.7 Å². The molecule has 1 aliphatic carbocycles. The zero-order valence-electron chi connectivity index (χ0n) is 32.5. The number of phenolic OH excluding ortho intramolecular Hbond substituents is 1. The summed E-state index contributed by atoms with van der Waals surface area (Å²) in [6, 6.07) is 26.5. The van der Waals surface area contributed by atoms with Gasteiger partial charge in [0, 0.05) is 39.8 Å². The number of carboxylic acid groups (broad SMARTS) is 1. The van der Waals surface area contributed by atoms with Gasteiger partial charge in [0.2, 0.25) is 0 Å². The SMILES string of the molecule is O=C(O)c1ccccc1-c1c2cc(-c3ccc(S(=O)(=O)O)cc3-c3ccc(S(=O)(=O)O)cc3)c(=O)cc-2oc2cc(O)c(-c3ccc(S(=O)(=O)O)cc3-c3ccc(S(=O)(=O)O)cc3)cc12. The molecule has 0 aromatic heterocycles. The molecule has 330 valence electrons. The van der Waals surface area contributed by atoms with Crippen LogP contribution in [-0.2, 0) is 40.5 Å². The molecule has 1 heterocycles. The van der Waals surface area contributed by atoms with Crippen LogP contribution in [0.1, 0.15) is 10.4 Å². The van der Waals surface area contributed by atoms with E-state index in [2.05, 4.69) is 0 Å². The van der Waals surface area contributed by atoms with Crippen molar-refractivity contribution in [3.05, 3.63) is 149 Å². The van der Waals surface area contributed by atoms with Gasteiger partial charge in [-0.15, -0.1) is 0 Å². The van der Waals surface area contributed by atoms with Crippen LogP contribution < -0.4 is 5.43 Å². The third kappa shape index (κ3) is 8.52. The van der Waals surface area contributed by atoms with Gasteiger partial charge in [-0.05, 0) is 106 Å². The van der Waals surface area contributed by atoms with Gasteiger partial charge >= 0.3 is 5.97 Å². The summed E-state index contributed by atoms with van der Waals surface area (Å²) < 4.78 is 142. The van der Waals surface area contributed by atoms with E-state index in [1.807, 2.05) is 0 Å². The predicted molar refractivity (Wildman–Crippen MR) is 234 cm³/mol. The number of hydrogen-bond donors (Lipinski definition) is 6. The summed E-state index contributed by atoms with van der Waals surface area (Å²) in [5.74, 6) is -1.95. The van der Waals surface area contributed by atoms with Crippen LogP contribution in [0.25, 0.3) is 77.9 Å². The monoisotopic (exact) mass is 956 g/mol. The summed E-state index contributed by atoms with van der Waals surface area (Å²) in [4.78, 5) is 24.7. The highest BCUT2D eigenvalue weighted by Gasteiger charge is 2.27. The first-order chi connectivity index (χ1) is 30.4. The Morgan fingerprint density at radius 2 is 0.908 bits per heavy atom. The van der Waals surface area contributed by atoms with Crippen LogP contribution in [0.5, 0.6) is 5.75 Å². The number of aromatic carboxylic acids is 1. The molecule has 0 saturated carbocycles. The van der Waals surface area contributed by atoms with Gasteiger partial charge in [-0.25, -0.2) is 4.79 Å². The molecule has 0 saturated heterocycles. The molecule has 6 aromatic carbocycles. The average molecular weight is 957 g/mol. The number of rotatable bonds is 10. The van der Waals surface area contributed by atoms with Gasteiger partial charge in [0.1, 0.15) is 17.1 Å². The smallest absolute Gasteiger partial charge is 0.336 e. The van der Waals surface area contributed by atoms with E-state index < -0.39 is 77.2 Å². The predicted octanol–water partition coefficient (Wildman–Crippen LogP) is 7.62. The van der Waals surface area contributed by atoms with E-state index in [0.717, 1.165) is 54.6 Å². The second kappa shape index (κ2) is 15.9. The maximum absolute atomic E-state index is 14.1. The fraction of sp³-hybridized carbons (Fsp3) is 0. The number of carbonyl (C=O) groups is 1. The Balaban J connectivity index is 1.46. The van der Waals surface area contributed by atoms with E-state index in [1.165, 1.54) is 72.8 Å². The molecule has 0 unspecified atom stereocenters. The Kier molecular flexibility index (Phi) is 10.9. The molecule has 6 N–H and O–H groups in total. The van der Waals surface area contributed by atoms with Gasteiger partial charge in [0.15, 0.2) is 5.43 Å². The highest BCUT2D eigenvalue weighted by Crippen LogP contribution is 2.48. The van der Waals surface area contributed by atoms with Crippen LogP contribution in [0.2, 0.25) is 0 Å². The van der Waals surface area contributed by atoms with Crippen molar-refractivity contribution in [3.8, 4) is 72.7 Å². The van der Waals surface area contributed by atoms with Crippen LogP contribution in [-0.4, -0.2) is 68.1 Å².